The number of hydrogen-bond donors (Lipinski definition) is 0. The lowest BCUT2D eigenvalue weighted by molar-refractivity contribution is -0.141. The lowest BCUT2D eigenvalue weighted by atomic mass is 9.87. The van der Waals surface area contributed by atoms with E-state index in [-0.39, 0.29) is 5.91 Å². The zero-order valence-corrected chi connectivity index (χ0v) is 8.49. The highest BCUT2D eigenvalue weighted by Gasteiger charge is 2.44. The molecule has 0 spiro atoms. The summed E-state index contributed by atoms with van der Waals surface area (Å²) < 4.78 is 0. The molecule has 3 heterocycles. The molecule has 2 unspecified atom stereocenters. The zero-order chi connectivity index (χ0) is 9.42. The second-order valence-electron chi connectivity index (χ2n) is 4.21. The quantitative estimate of drug-likeness (QED) is 0.627. The molecule has 3 aliphatic heterocycles. The molecule has 2 atom stereocenters. The Morgan fingerprint density at radius 2 is 2.00 bits per heavy atom. The predicted octanol–water partition coefficient (Wildman–Crippen LogP) is 0.701. The fourth-order valence-corrected chi connectivity index (χ4v) is 2.57. The Bertz CT molecular complexity index is 205. The van der Waals surface area contributed by atoms with E-state index in [0.717, 1.165) is 13.1 Å². The lowest BCUT2D eigenvalue weighted by Crippen LogP contribution is -2.69. The van der Waals surface area contributed by atoms with Crippen LogP contribution in [0.15, 0.2) is 0 Å². The van der Waals surface area contributed by atoms with E-state index in [4.69, 9.17) is 0 Å². The van der Waals surface area contributed by atoms with Crippen molar-refractivity contribution < 1.29 is 4.79 Å². The van der Waals surface area contributed by atoms with Crippen molar-refractivity contribution in [2.45, 2.75) is 38.8 Å². The number of fused-ring (bicyclic) bond motifs is 2. The van der Waals surface area contributed by atoms with Crippen LogP contribution in [0.5, 0.6) is 0 Å². The topological polar surface area (TPSA) is 23.6 Å². The Kier molecular flexibility index (Phi) is 2.28. The molecule has 3 fully saturated rings. The molecule has 3 saturated heterocycles. The second-order valence-corrected chi connectivity index (χ2v) is 4.21. The average Bonchev–Trinajstić information content (AvgIpc) is 2.14. The van der Waals surface area contributed by atoms with Crippen molar-refractivity contribution in [2.75, 3.05) is 19.6 Å². The van der Waals surface area contributed by atoms with Crippen molar-refractivity contribution in [1.29, 1.82) is 0 Å². The standard InChI is InChI=1S/C10H18N2O/c1-3-4-12-9-5-10(12)7-11(6-9)8(2)13/h9-10H,3-7H2,1-2H3. The first-order chi connectivity index (χ1) is 6.22. The molecule has 74 valence electrons. The Balaban J connectivity index is 1.90. The molecule has 3 heteroatoms. The van der Waals surface area contributed by atoms with E-state index < -0.39 is 0 Å². The fraction of sp³-hybridized carbons (Fsp3) is 0.900. The van der Waals surface area contributed by atoms with Gasteiger partial charge in [-0.1, -0.05) is 6.92 Å². The summed E-state index contributed by atoms with van der Waals surface area (Å²) in [6.07, 6.45) is 2.54. The molecule has 3 aliphatic rings. The van der Waals surface area contributed by atoms with Gasteiger partial charge in [0.05, 0.1) is 0 Å². The summed E-state index contributed by atoms with van der Waals surface area (Å²) in [5.41, 5.74) is 0. The maximum Gasteiger partial charge on any atom is 0.219 e. The average molecular weight is 182 g/mol. The Hall–Kier alpha value is -0.570. The van der Waals surface area contributed by atoms with E-state index in [1.807, 2.05) is 4.90 Å². The summed E-state index contributed by atoms with van der Waals surface area (Å²) in [5, 5.41) is 0. The van der Waals surface area contributed by atoms with Gasteiger partial charge in [-0.2, -0.15) is 0 Å². The van der Waals surface area contributed by atoms with Gasteiger partial charge in [-0.15, -0.1) is 0 Å². The number of nitrogens with zero attached hydrogens (tertiary/aromatic N) is 2. The molecular formula is C10H18N2O. The number of carbonyl (C=O) groups is 1. The van der Waals surface area contributed by atoms with Gasteiger partial charge in [-0.3, -0.25) is 9.69 Å². The van der Waals surface area contributed by atoms with Crippen LogP contribution in [-0.4, -0.2) is 47.4 Å². The third-order valence-corrected chi connectivity index (χ3v) is 3.27. The van der Waals surface area contributed by atoms with Gasteiger partial charge in [0.25, 0.3) is 0 Å². The SMILES string of the molecule is CCCN1C2CC1CN(C(C)=O)C2. The molecule has 3 rings (SSSR count). The summed E-state index contributed by atoms with van der Waals surface area (Å²) in [6, 6.07) is 1.34. The molecule has 1 amide bonds. The van der Waals surface area contributed by atoms with Crippen molar-refractivity contribution >= 4 is 5.91 Å². The number of rotatable bonds is 2. The summed E-state index contributed by atoms with van der Waals surface area (Å²) >= 11 is 0. The first-order valence-corrected chi connectivity index (χ1v) is 5.23. The van der Waals surface area contributed by atoms with E-state index in [9.17, 15) is 4.79 Å². The minimum absolute atomic E-state index is 0.242. The number of amides is 1. The highest BCUT2D eigenvalue weighted by atomic mass is 16.2. The van der Waals surface area contributed by atoms with Gasteiger partial charge < -0.3 is 4.90 Å². The molecule has 0 aliphatic carbocycles. The zero-order valence-electron chi connectivity index (χ0n) is 8.49. The van der Waals surface area contributed by atoms with Gasteiger partial charge in [0.1, 0.15) is 0 Å². The van der Waals surface area contributed by atoms with Crippen LogP contribution in [0.4, 0.5) is 0 Å². The van der Waals surface area contributed by atoms with Crippen LogP contribution in [0.3, 0.4) is 0 Å². The Morgan fingerprint density at radius 1 is 1.38 bits per heavy atom. The summed E-state index contributed by atoms with van der Waals surface area (Å²) in [5.74, 6) is 0.242. The fourth-order valence-electron chi connectivity index (χ4n) is 2.57. The number of piperazine rings is 1. The third kappa shape index (κ3) is 1.46. The van der Waals surface area contributed by atoms with Crippen LogP contribution in [0.2, 0.25) is 0 Å². The van der Waals surface area contributed by atoms with Crippen LogP contribution in [0, 0.1) is 0 Å². The van der Waals surface area contributed by atoms with Crippen LogP contribution >= 0.6 is 0 Å². The van der Waals surface area contributed by atoms with Crippen LogP contribution < -0.4 is 0 Å². The second kappa shape index (κ2) is 3.29. The molecule has 0 radical (unpaired) electrons. The highest BCUT2D eigenvalue weighted by molar-refractivity contribution is 5.73. The van der Waals surface area contributed by atoms with Gasteiger partial charge in [0.2, 0.25) is 5.91 Å². The largest absolute Gasteiger partial charge is 0.340 e. The molecule has 2 bridgehead atoms. The van der Waals surface area contributed by atoms with Crippen molar-refractivity contribution in [1.82, 2.24) is 9.80 Å². The highest BCUT2D eigenvalue weighted by Crippen LogP contribution is 2.31. The molecular weight excluding hydrogens is 164 g/mol. The number of hydrogen-bond acceptors (Lipinski definition) is 2. The van der Waals surface area contributed by atoms with E-state index in [0.29, 0.717) is 12.1 Å². The minimum Gasteiger partial charge on any atom is -0.340 e. The Morgan fingerprint density at radius 3 is 2.46 bits per heavy atom. The Labute approximate surface area is 79.7 Å². The molecule has 0 aromatic heterocycles. The van der Waals surface area contributed by atoms with Gasteiger partial charge >= 0.3 is 0 Å². The van der Waals surface area contributed by atoms with Crippen molar-refractivity contribution in [3.63, 3.8) is 0 Å². The predicted molar refractivity (Wildman–Crippen MR) is 51.4 cm³/mol. The molecule has 0 N–H and O–H groups in total. The molecule has 0 aromatic rings. The van der Waals surface area contributed by atoms with Gasteiger partial charge in [-0.05, 0) is 19.4 Å². The van der Waals surface area contributed by atoms with Crippen LogP contribution in [0.1, 0.15) is 26.7 Å². The van der Waals surface area contributed by atoms with Gasteiger partial charge in [-0.25, -0.2) is 0 Å². The number of carbonyl (C=O) groups excluding carboxylic acids is 1. The van der Waals surface area contributed by atoms with Gasteiger partial charge in [0.15, 0.2) is 0 Å². The summed E-state index contributed by atoms with van der Waals surface area (Å²) in [4.78, 5) is 15.7. The number of piperidine rings is 1. The van der Waals surface area contributed by atoms with E-state index in [1.165, 1.54) is 19.4 Å². The molecule has 13 heavy (non-hydrogen) atoms. The molecule has 3 nitrogen and oxygen atoms in total. The first-order valence-electron chi connectivity index (χ1n) is 5.23. The van der Waals surface area contributed by atoms with E-state index in [2.05, 4.69) is 11.8 Å². The first kappa shape index (κ1) is 9.00. The molecule has 0 saturated carbocycles. The lowest BCUT2D eigenvalue weighted by Gasteiger charge is -2.56. The molecule has 0 aromatic carbocycles. The van der Waals surface area contributed by atoms with E-state index >= 15 is 0 Å². The van der Waals surface area contributed by atoms with Crippen LogP contribution in [0.25, 0.3) is 0 Å². The van der Waals surface area contributed by atoms with Crippen molar-refractivity contribution in [2.24, 2.45) is 0 Å². The normalized spacial score (nSPS) is 32.9. The van der Waals surface area contributed by atoms with Crippen LogP contribution in [-0.2, 0) is 4.79 Å². The third-order valence-electron chi connectivity index (χ3n) is 3.27. The van der Waals surface area contributed by atoms with E-state index in [1.54, 1.807) is 6.92 Å². The van der Waals surface area contributed by atoms with Crippen molar-refractivity contribution in [3.8, 4) is 0 Å². The van der Waals surface area contributed by atoms with Crippen molar-refractivity contribution in [3.05, 3.63) is 0 Å². The monoisotopic (exact) mass is 182 g/mol. The van der Waals surface area contributed by atoms with Gasteiger partial charge in [0, 0.05) is 32.1 Å². The smallest absolute Gasteiger partial charge is 0.219 e. The summed E-state index contributed by atoms with van der Waals surface area (Å²) in [6.45, 7) is 7.03. The maximum atomic E-state index is 11.1. The summed E-state index contributed by atoms with van der Waals surface area (Å²) in [7, 11) is 0. The maximum absolute atomic E-state index is 11.1. The minimum atomic E-state index is 0.242.